The van der Waals surface area contributed by atoms with Crippen molar-refractivity contribution in [2.75, 3.05) is 4.90 Å². The fraction of sp³-hybridized carbons (Fsp3) is 0.137. The Kier molecular flexibility index (Phi) is 8.36. The summed E-state index contributed by atoms with van der Waals surface area (Å²) in [6.07, 6.45) is 17.6. The molecule has 0 N–H and O–H groups in total. The zero-order chi connectivity index (χ0) is 36.1. The lowest BCUT2D eigenvalue weighted by Gasteiger charge is -2.27. The average Bonchev–Trinajstić information content (AvgIpc) is 3.50. The first-order chi connectivity index (χ1) is 25.9. The van der Waals surface area contributed by atoms with Crippen LogP contribution in [-0.4, -0.2) is 0 Å². The highest BCUT2D eigenvalue weighted by atomic mass is 32.1. The van der Waals surface area contributed by atoms with E-state index in [1.165, 1.54) is 75.5 Å². The van der Waals surface area contributed by atoms with Gasteiger partial charge in [0.2, 0.25) is 0 Å². The molecule has 1 aromatic heterocycles. The number of hydrogen-bond donors (Lipinski definition) is 0. The molecule has 0 saturated heterocycles. The predicted octanol–water partition coefficient (Wildman–Crippen LogP) is 15.2. The van der Waals surface area contributed by atoms with E-state index >= 15 is 0 Å². The Morgan fingerprint density at radius 2 is 1.47 bits per heavy atom. The first kappa shape index (κ1) is 33.2. The van der Waals surface area contributed by atoms with E-state index in [1.54, 1.807) is 0 Å². The van der Waals surface area contributed by atoms with E-state index in [0.29, 0.717) is 0 Å². The molecule has 1 nitrogen and oxygen atoms in total. The standard InChI is InChI=1S/C51H43NS/c1-5-14-38(31-34(2)35-15-8-6-7-9-16-35)37-21-24-40(25-22-37)52(41-26-23-36-17-10-11-18-39(36)32-41)42-27-29-46-45(33-42)49-47(51(46,3)4)30-28-44-43-19-12-13-20-48(43)53-50(44)49/h6-8,10-33H,5,9H2,1-4H3/b34-31+,38-14+. The quantitative estimate of drug-likeness (QED) is 0.150. The number of thiophene rings is 1. The smallest absolute Gasteiger partial charge is 0.0468 e. The second-order valence-corrected chi connectivity index (χ2v) is 15.9. The van der Waals surface area contributed by atoms with Gasteiger partial charge >= 0.3 is 0 Å². The molecule has 2 aliphatic carbocycles. The summed E-state index contributed by atoms with van der Waals surface area (Å²) in [6, 6.07) is 45.4. The van der Waals surface area contributed by atoms with Crippen LogP contribution < -0.4 is 4.90 Å². The fourth-order valence-electron chi connectivity index (χ4n) is 8.38. The van der Waals surface area contributed by atoms with Crippen LogP contribution in [0, 0.1) is 0 Å². The van der Waals surface area contributed by atoms with Gasteiger partial charge < -0.3 is 4.90 Å². The minimum absolute atomic E-state index is 0.0875. The van der Waals surface area contributed by atoms with Crippen LogP contribution in [0.2, 0.25) is 0 Å². The van der Waals surface area contributed by atoms with Crippen molar-refractivity contribution < 1.29 is 0 Å². The van der Waals surface area contributed by atoms with Crippen molar-refractivity contribution in [2.24, 2.45) is 0 Å². The van der Waals surface area contributed by atoms with Gasteiger partial charge in [0.25, 0.3) is 0 Å². The molecule has 9 rings (SSSR count). The van der Waals surface area contributed by atoms with Crippen molar-refractivity contribution in [3.05, 3.63) is 192 Å². The number of nitrogens with zero attached hydrogens (tertiary/aromatic N) is 1. The topological polar surface area (TPSA) is 3.24 Å². The maximum Gasteiger partial charge on any atom is 0.0468 e. The fourth-order valence-corrected chi connectivity index (χ4v) is 9.64. The van der Waals surface area contributed by atoms with Gasteiger partial charge in [-0.25, -0.2) is 0 Å². The normalized spacial score (nSPS) is 15.1. The maximum atomic E-state index is 2.45. The van der Waals surface area contributed by atoms with Gasteiger partial charge in [-0.15, -0.1) is 11.3 Å². The molecule has 0 fully saturated rings. The lowest BCUT2D eigenvalue weighted by molar-refractivity contribution is 0.661. The first-order valence-electron chi connectivity index (χ1n) is 18.8. The second kappa shape index (κ2) is 13.4. The Balaban J connectivity index is 1.18. The summed E-state index contributed by atoms with van der Waals surface area (Å²) in [5.74, 6) is 0. The van der Waals surface area contributed by atoms with E-state index in [0.717, 1.165) is 29.9 Å². The Labute approximate surface area is 317 Å². The van der Waals surface area contributed by atoms with Crippen molar-refractivity contribution in [3.63, 3.8) is 0 Å². The Bertz CT molecular complexity index is 2710. The molecule has 7 aromatic rings. The molecule has 6 aromatic carbocycles. The molecule has 0 spiro atoms. The molecule has 0 unspecified atom stereocenters. The summed E-state index contributed by atoms with van der Waals surface area (Å²) in [7, 11) is 0. The zero-order valence-electron chi connectivity index (χ0n) is 30.9. The maximum absolute atomic E-state index is 2.45. The molecule has 0 amide bonds. The third-order valence-corrected chi connectivity index (χ3v) is 12.3. The van der Waals surface area contributed by atoms with Gasteiger partial charge in [0.15, 0.2) is 0 Å². The van der Waals surface area contributed by atoms with Crippen molar-refractivity contribution in [1.82, 2.24) is 0 Å². The summed E-state index contributed by atoms with van der Waals surface area (Å²) in [5, 5.41) is 5.17. The molecule has 2 aliphatic rings. The van der Waals surface area contributed by atoms with E-state index in [-0.39, 0.29) is 5.41 Å². The number of allylic oxidation sites excluding steroid dienone is 10. The Morgan fingerprint density at radius 1 is 0.736 bits per heavy atom. The summed E-state index contributed by atoms with van der Waals surface area (Å²) in [6.45, 7) is 9.20. The van der Waals surface area contributed by atoms with E-state index in [1.807, 2.05) is 11.3 Å². The summed E-state index contributed by atoms with van der Waals surface area (Å²) >= 11 is 1.93. The van der Waals surface area contributed by atoms with Crippen molar-refractivity contribution in [2.45, 2.75) is 46.0 Å². The molecule has 0 atom stereocenters. The number of benzene rings is 6. The number of fused-ring (bicyclic) bond motifs is 8. The molecule has 53 heavy (non-hydrogen) atoms. The molecule has 0 radical (unpaired) electrons. The average molecular weight is 702 g/mol. The van der Waals surface area contributed by atoms with Crippen LogP contribution in [0.15, 0.2) is 175 Å². The highest BCUT2D eigenvalue weighted by Crippen LogP contribution is 2.55. The van der Waals surface area contributed by atoms with E-state index < -0.39 is 0 Å². The molecule has 1 heterocycles. The third kappa shape index (κ3) is 5.79. The first-order valence-corrected chi connectivity index (χ1v) is 19.6. The number of hydrogen-bond acceptors (Lipinski definition) is 2. The molecule has 2 heteroatoms. The van der Waals surface area contributed by atoms with Gasteiger partial charge in [-0.05, 0) is 112 Å². The Morgan fingerprint density at radius 3 is 2.32 bits per heavy atom. The van der Waals surface area contributed by atoms with Crippen LogP contribution in [0.5, 0.6) is 0 Å². The monoisotopic (exact) mass is 701 g/mol. The molecular formula is C51H43NS. The molecule has 0 bridgehead atoms. The van der Waals surface area contributed by atoms with Gasteiger partial charge in [0.05, 0.1) is 0 Å². The SMILES string of the molecule is CC/C=C(\C=C(/C)C1=CCC=CC=C1)c1ccc(N(c2ccc3c(c2)-c2c(ccc4c2sc2ccccc24)C3(C)C)c2ccc3ccccc3c2)cc1. The zero-order valence-corrected chi connectivity index (χ0v) is 31.7. The van der Waals surface area contributed by atoms with Gasteiger partial charge in [-0.3, -0.25) is 0 Å². The van der Waals surface area contributed by atoms with Crippen LogP contribution in [0.4, 0.5) is 17.1 Å². The second-order valence-electron chi connectivity index (χ2n) is 14.8. The van der Waals surface area contributed by atoms with Gasteiger partial charge in [0, 0.05) is 48.2 Å². The third-order valence-electron chi connectivity index (χ3n) is 11.1. The molecule has 0 aliphatic heterocycles. The lowest BCUT2D eigenvalue weighted by atomic mass is 9.82. The lowest BCUT2D eigenvalue weighted by Crippen LogP contribution is -2.15. The largest absolute Gasteiger partial charge is 0.310 e. The van der Waals surface area contributed by atoms with Crippen molar-refractivity contribution >= 4 is 64.9 Å². The van der Waals surface area contributed by atoms with Crippen LogP contribution in [0.3, 0.4) is 0 Å². The molecule has 258 valence electrons. The van der Waals surface area contributed by atoms with Crippen LogP contribution in [0.25, 0.3) is 47.6 Å². The van der Waals surface area contributed by atoms with Gasteiger partial charge in [-0.1, -0.05) is 142 Å². The minimum atomic E-state index is -0.0875. The molecule has 0 saturated carbocycles. The van der Waals surface area contributed by atoms with Crippen molar-refractivity contribution in [3.8, 4) is 11.1 Å². The highest BCUT2D eigenvalue weighted by Gasteiger charge is 2.37. The predicted molar refractivity (Wildman–Crippen MR) is 232 cm³/mol. The van der Waals surface area contributed by atoms with E-state index in [9.17, 15) is 0 Å². The Hall–Kier alpha value is -5.70. The van der Waals surface area contributed by atoms with Crippen molar-refractivity contribution in [1.29, 1.82) is 0 Å². The van der Waals surface area contributed by atoms with Gasteiger partial charge in [-0.2, -0.15) is 0 Å². The van der Waals surface area contributed by atoms with E-state index in [2.05, 4.69) is 196 Å². The van der Waals surface area contributed by atoms with Crippen LogP contribution >= 0.6 is 11.3 Å². The summed E-state index contributed by atoms with van der Waals surface area (Å²) < 4.78 is 2.73. The summed E-state index contributed by atoms with van der Waals surface area (Å²) in [5.41, 5.74) is 13.9. The van der Waals surface area contributed by atoms with Crippen LogP contribution in [0.1, 0.15) is 57.2 Å². The van der Waals surface area contributed by atoms with Gasteiger partial charge in [0.1, 0.15) is 0 Å². The number of rotatable bonds is 7. The van der Waals surface area contributed by atoms with E-state index in [4.69, 9.17) is 0 Å². The minimum Gasteiger partial charge on any atom is -0.310 e. The highest BCUT2D eigenvalue weighted by molar-refractivity contribution is 7.26. The number of anilines is 3. The molecular weight excluding hydrogens is 659 g/mol. The van der Waals surface area contributed by atoms with Crippen LogP contribution in [-0.2, 0) is 5.41 Å². The summed E-state index contributed by atoms with van der Waals surface area (Å²) in [4.78, 5) is 2.44.